The third kappa shape index (κ3) is 2.40. The fourth-order valence-electron chi connectivity index (χ4n) is 1.86. The fourth-order valence-corrected chi connectivity index (χ4v) is 2.92. The van der Waals surface area contributed by atoms with Crippen molar-refractivity contribution in [1.29, 1.82) is 0 Å². The summed E-state index contributed by atoms with van der Waals surface area (Å²) in [5.41, 5.74) is 5.21. The fraction of sp³-hybridized carbons (Fsp3) is 0.0769. The molecule has 0 radical (unpaired) electrons. The number of benzene rings is 1. The van der Waals surface area contributed by atoms with Crippen LogP contribution in [0.25, 0.3) is 10.2 Å². The summed E-state index contributed by atoms with van der Waals surface area (Å²) in [6.07, 6.45) is 0. The number of rotatable bonds is 3. The van der Waals surface area contributed by atoms with Gasteiger partial charge >= 0.3 is 0 Å². The minimum atomic E-state index is 0.363. The molecule has 0 fully saturated rings. The maximum Gasteiger partial charge on any atom is 0.239 e. The van der Waals surface area contributed by atoms with Crippen molar-refractivity contribution in [2.75, 3.05) is 10.7 Å². The van der Waals surface area contributed by atoms with Gasteiger partial charge in [0.05, 0.1) is 20.9 Å². The number of nitrogens with one attached hydrogen (secondary N) is 2. The summed E-state index contributed by atoms with van der Waals surface area (Å²) in [5, 5.41) is 5.84. The lowest BCUT2D eigenvalue weighted by molar-refractivity contribution is 1.16. The Hall–Kier alpha value is -1.89. The highest BCUT2D eigenvalue weighted by Gasteiger charge is 2.10. The molecule has 20 heavy (non-hydrogen) atoms. The van der Waals surface area contributed by atoms with Gasteiger partial charge in [-0.2, -0.15) is 4.98 Å². The maximum absolute atomic E-state index is 6.24. The highest BCUT2D eigenvalue weighted by Crippen LogP contribution is 2.32. The lowest BCUT2D eigenvalue weighted by atomic mass is 10.2. The van der Waals surface area contributed by atoms with Crippen molar-refractivity contribution < 1.29 is 0 Å². The van der Waals surface area contributed by atoms with E-state index in [1.165, 1.54) is 0 Å². The van der Waals surface area contributed by atoms with Crippen molar-refractivity contribution in [3.8, 4) is 0 Å². The normalized spacial score (nSPS) is 10.8. The number of nitrogens with zero attached hydrogens (tertiary/aromatic N) is 2. The van der Waals surface area contributed by atoms with Gasteiger partial charge in [0.1, 0.15) is 0 Å². The Kier molecular flexibility index (Phi) is 3.43. The number of nitrogen functional groups attached to an aromatic ring is 1. The van der Waals surface area contributed by atoms with Crippen molar-refractivity contribution in [1.82, 2.24) is 9.97 Å². The zero-order valence-electron chi connectivity index (χ0n) is 10.6. The summed E-state index contributed by atoms with van der Waals surface area (Å²) in [4.78, 5) is 8.63. The van der Waals surface area contributed by atoms with Gasteiger partial charge in [-0.25, -0.2) is 10.8 Å². The molecule has 3 aromatic rings. The average molecular weight is 306 g/mol. The van der Waals surface area contributed by atoms with Gasteiger partial charge < -0.3 is 5.32 Å². The van der Waals surface area contributed by atoms with E-state index < -0.39 is 0 Å². The van der Waals surface area contributed by atoms with E-state index in [0.717, 1.165) is 21.5 Å². The minimum Gasteiger partial charge on any atom is -0.338 e. The molecule has 0 bridgehead atoms. The molecule has 0 atom stereocenters. The van der Waals surface area contributed by atoms with E-state index >= 15 is 0 Å². The SMILES string of the molecule is Cc1ccc(Nc2nc(NN)nc3ccsc23)c(Cl)c1. The van der Waals surface area contributed by atoms with Crippen LogP contribution in [0.4, 0.5) is 17.5 Å². The van der Waals surface area contributed by atoms with Crippen LogP contribution in [0.2, 0.25) is 5.02 Å². The van der Waals surface area contributed by atoms with Crippen LogP contribution in [-0.4, -0.2) is 9.97 Å². The molecule has 0 amide bonds. The van der Waals surface area contributed by atoms with Crippen LogP contribution in [0.1, 0.15) is 5.56 Å². The monoisotopic (exact) mass is 305 g/mol. The maximum atomic E-state index is 6.24. The quantitative estimate of drug-likeness (QED) is 0.508. The van der Waals surface area contributed by atoms with Crippen molar-refractivity contribution in [3.05, 3.63) is 40.2 Å². The molecule has 0 unspecified atom stereocenters. The van der Waals surface area contributed by atoms with Crippen LogP contribution in [0, 0.1) is 6.92 Å². The number of anilines is 3. The number of hydrogen-bond acceptors (Lipinski definition) is 6. The number of halogens is 1. The Bertz CT molecular complexity index is 771. The molecule has 2 heterocycles. The smallest absolute Gasteiger partial charge is 0.239 e. The summed E-state index contributed by atoms with van der Waals surface area (Å²) in [6.45, 7) is 1.99. The Labute approximate surface area is 124 Å². The highest BCUT2D eigenvalue weighted by atomic mass is 35.5. The highest BCUT2D eigenvalue weighted by molar-refractivity contribution is 7.17. The molecule has 0 saturated carbocycles. The molecule has 5 nitrogen and oxygen atoms in total. The van der Waals surface area contributed by atoms with Gasteiger partial charge in [0, 0.05) is 0 Å². The first kappa shape index (κ1) is 13.1. The zero-order chi connectivity index (χ0) is 14.1. The van der Waals surface area contributed by atoms with E-state index in [4.69, 9.17) is 17.4 Å². The molecular weight excluding hydrogens is 294 g/mol. The molecule has 2 aromatic heterocycles. The predicted molar refractivity (Wildman–Crippen MR) is 84.7 cm³/mol. The Balaban J connectivity index is 2.07. The van der Waals surface area contributed by atoms with Crippen LogP contribution in [0.15, 0.2) is 29.6 Å². The Morgan fingerprint density at radius 3 is 2.85 bits per heavy atom. The molecule has 0 saturated heterocycles. The first-order valence-electron chi connectivity index (χ1n) is 5.92. The predicted octanol–water partition coefficient (Wildman–Crippen LogP) is 3.68. The number of aromatic nitrogens is 2. The Morgan fingerprint density at radius 2 is 2.10 bits per heavy atom. The number of hydrazine groups is 1. The second-order valence-corrected chi connectivity index (χ2v) is 5.61. The minimum absolute atomic E-state index is 0.363. The number of thiophene rings is 1. The molecule has 7 heteroatoms. The molecule has 0 aliphatic carbocycles. The zero-order valence-corrected chi connectivity index (χ0v) is 12.2. The lowest BCUT2D eigenvalue weighted by Crippen LogP contribution is -2.11. The van der Waals surface area contributed by atoms with E-state index in [0.29, 0.717) is 16.8 Å². The summed E-state index contributed by atoms with van der Waals surface area (Å²) < 4.78 is 0.959. The van der Waals surface area contributed by atoms with Crippen molar-refractivity contribution in [2.45, 2.75) is 6.92 Å². The number of hydrogen-bond donors (Lipinski definition) is 3. The van der Waals surface area contributed by atoms with Gasteiger partial charge in [-0.3, -0.25) is 5.43 Å². The third-order valence-electron chi connectivity index (χ3n) is 2.81. The summed E-state index contributed by atoms with van der Waals surface area (Å²) >= 11 is 7.80. The van der Waals surface area contributed by atoms with E-state index in [-0.39, 0.29) is 0 Å². The van der Waals surface area contributed by atoms with Gasteiger partial charge in [0.25, 0.3) is 0 Å². The molecule has 0 spiro atoms. The second kappa shape index (κ2) is 5.24. The number of fused-ring (bicyclic) bond motifs is 1. The second-order valence-electron chi connectivity index (χ2n) is 4.28. The molecule has 3 rings (SSSR count). The van der Waals surface area contributed by atoms with Crippen LogP contribution < -0.4 is 16.6 Å². The van der Waals surface area contributed by atoms with Crippen LogP contribution >= 0.6 is 22.9 Å². The van der Waals surface area contributed by atoms with E-state index in [2.05, 4.69) is 20.7 Å². The van der Waals surface area contributed by atoms with Crippen molar-refractivity contribution in [3.63, 3.8) is 0 Å². The van der Waals surface area contributed by atoms with Crippen LogP contribution in [-0.2, 0) is 0 Å². The first-order chi connectivity index (χ1) is 9.67. The van der Waals surface area contributed by atoms with Gasteiger partial charge in [0.15, 0.2) is 5.82 Å². The summed E-state index contributed by atoms with van der Waals surface area (Å²) in [6, 6.07) is 7.74. The van der Waals surface area contributed by atoms with Gasteiger partial charge in [-0.1, -0.05) is 17.7 Å². The van der Waals surface area contributed by atoms with Crippen molar-refractivity contribution in [2.24, 2.45) is 5.84 Å². The van der Waals surface area contributed by atoms with Gasteiger partial charge in [-0.05, 0) is 36.1 Å². The molecule has 4 N–H and O–H groups in total. The Morgan fingerprint density at radius 1 is 1.25 bits per heavy atom. The first-order valence-corrected chi connectivity index (χ1v) is 7.18. The van der Waals surface area contributed by atoms with Crippen molar-refractivity contribution >= 4 is 50.6 Å². The van der Waals surface area contributed by atoms with Gasteiger partial charge in [-0.15, -0.1) is 11.3 Å². The topological polar surface area (TPSA) is 75.9 Å². The average Bonchev–Trinajstić information content (AvgIpc) is 2.90. The third-order valence-corrected chi connectivity index (χ3v) is 4.03. The van der Waals surface area contributed by atoms with Crippen LogP contribution in [0.3, 0.4) is 0 Å². The van der Waals surface area contributed by atoms with Crippen LogP contribution in [0.5, 0.6) is 0 Å². The molecule has 1 aromatic carbocycles. The largest absolute Gasteiger partial charge is 0.338 e. The summed E-state index contributed by atoms with van der Waals surface area (Å²) in [5.74, 6) is 6.44. The number of aryl methyl sites for hydroxylation is 1. The van der Waals surface area contributed by atoms with Gasteiger partial charge in [0.2, 0.25) is 5.95 Å². The molecule has 0 aliphatic heterocycles. The molecular formula is C13H12ClN5S. The van der Waals surface area contributed by atoms with E-state index in [1.807, 2.05) is 36.6 Å². The molecule has 102 valence electrons. The molecule has 0 aliphatic rings. The standard InChI is InChI=1S/C13H12ClN5S/c1-7-2-3-9(8(14)6-7)16-12-11-10(4-5-20-11)17-13(18-12)19-15/h2-6H,15H2,1H3,(H2,16,17,18,19). The van der Waals surface area contributed by atoms with E-state index in [1.54, 1.807) is 11.3 Å². The lowest BCUT2D eigenvalue weighted by Gasteiger charge is -2.10. The van der Waals surface area contributed by atoms with E-state index in [9.17, 15) is 0 Å². The number of nitrogens with two attached hydrogens (primary N) is 1. The summed E-state index contributed by atoms with van der Waals surface area (Å²) in [7, 11) is 0.